The second-order valence-corrected chi connectivity index (χ2v) is 3.26. The summed E-state index contributed by atoms with van der Waals surface area (Å²) in [5.74, 6) is -0.166. The minimum atomic E-state index is -0.166. The molecule has 0 saturated heterocycles. The molecule has 3 nitrogen and oxygen atoms in total. The average molecular weight is 207 g/mol. The van der Waals surface area contributed by atoms with E-state index in [-0.39, 0.29) is 12.0 Å². The summed E-state index contributed by atoms with van der Waals surface area (Å²) in [6.45, 7) is 2.25. The average Bonchev–Trinajstić information content (AvgIpc) is 2.27. The lowest BCUT2D eigenvalue weighted by Gasteiger charge is -2.15. The molecule has 0 aliphatic heterocycles. The normalized spacial score (nSPS) is 12.1. The van der Waals surface area contributed by atoms with Crippen LogP contribution in [0.4, 0.5) is 0 Å². The van der Waals surface area contributed by atoms with Crippen LogP contribution in [0.25, 0.3) is 0 Å². The van der Waals surface area contributed by atoms with Crippen LogP contribution in [0.2, 0.25) is 0 Å². The molecule has 0 fully saturated rings. The molecular weight excluding hydrogens is 190 g/mol. The third kappa shape index (κ3) is 3.72. The predicted octanol–water partition coefficient (Wildman–Crippen LogP) is 1.90. The number of rotatable bonds is 5. The lowest BCUT2D eigenvalue weighted by molar-refractivity contribution is -0.143. The predicted molar refractivity (Wildman–Crippen MR) is 59.5 cm³/mol. The van der Waals surface area contributed by atoms with Gasteiger partial charge < -0.3 is 10.1 Å². The first-order valence-corrected chi connectivity index (χ1v) is 5.15. The lowest BCUT2D eigenvalue weighted by atomic mass is 10.0. The molecule has 0 aliphatic rings. The van der Waals surface area contributed by atoms with Crippen molar-refractivity contribution in [3.8, 4) is 0 Å². The van der Waals surface area contributed by atoms with Crippen LogP contribution < -0.4 is 5.32 Å². The highest BCUT2D eigenvalue weighted by molar-refractivity contribution is 5.70. The molecule has 0 aromatic heterocycles. The summed E-state index contributed by atoms with van der Waals surface area (Å²) in [6.07, 6.45) is 0.369. The number of carbonyl (C=O) groups is 1. The first-order chi connectivity index (χ1) is 7.27. The highest BCUT2D eigenvalue weighted by atomic mass is 16.5. The Morgan fingerprint density at radius 2 is 2.07 bits per heavy atom. The minimum Gasteiger partial charge on any atom is -0.466 e. The first kappa shape index (κ1) is 11.7. The molecule has 0 amide bonds. The molecular formula is C12H17NO2. The third-order valence-electron chi connectivity index (χ3n) is 2.23. The molecule has 0 heterocycles. The Morgan fingerprint density at radius 3 is 2.60 bits per heavy atom. The van der Waals surface area contributed by atoms with E-state index < -0.39 is 0 Å². The zero-order chi connectivity index (χ0) is 11.1. The monoisotopic (exact) mass is 207 g/mol. The van der Waals surface area contributed by atoms with Crippen LogP contribution in [0.3, 0.4) is 0 Å². The van der Waals surface area contributed by atoms with Gasteiger partial charge in [-0.15, -0.1) is 0 Å². The summed E-state index contributed by atoms with van der Waals surface area (Å²) in [4.78, 5) is 11.3. The van der Waals surface area contributed by atoms with E-state index in [0.717, 1.165) is 5.56 Å². The van der Waals surface area contributed by atoms with Crippen molar-refractivity contribution in [3.05, 3.63) is 35.9 Å². The fourth-order valence-electron chi connectivity index (χ4n) is 1.46. The van der Waals surface area contributed by atoms with Gasteiger partial charge in [-0.25, -0.2) is 0 Å². The van der Waals surface area contributed by atoms with Gasteiger partial charge in [0.15, 0.2) is 0 Å². The fourth-order valence-corrected chi connectivity index (χ4v) is 1.46. The van der Waals surface area contributed by atoms with Gasteiger partial charge >= 0.3 is 5.97 Å². The largest absolute Gasteiger partial charge is 0.466 e. The topological polar surface area (TPSA) is 38.3 Å². The Labute approximate surface area is 90.4 Å². The number of ether oxygens (including phenoxy) is 1. The summed E-state index contributed by atoms with van der Waals surface area (Å²) in [5.41, 5.74) is 1.10. The second kappa shape index (κ2) is 6.19. The highest BCUT2D eigenvalue weighted by Gasteiger charge is 2.14. The highest BCUT2D eigenvalue weighted by Crippen LogP contribution is 2.16. The maximum atomic E-state index is 11.3. The van der Waals surface area contributed by atoms with E-state index in [1.165, 1.54) is 0 Å². The molecule has 1 N–H and O–H groups in total. The Hall–Kier alpha value is -1.35. The number of hydrogen-bond donors (Lipinski definition) is 1. The van der Waals surface area contributed by atoms with Crippen molar-refractivity contribution in [2.24, 2.45) is 0 Å². The maximum absolute atomic E-state index is 11.3. The van der Waals surface area contributed by atoms with Crippen LogP contribution in [0, 0.1) is 0 Å². The van der Waals surface area contributed by atoms with E-state index in [1.807, 2.05) is 44.3 Å². The molecule has 82 valence electrons. The van der Waals surface area contributed by atoms with Gasteiger partial charge in [-0.05, 0) is 19.5 Å². The van der Waals surface area contributed by atoms with E-state index in [1.54, 1.807) is 0 Å². The SMILES string of the molecule is CCOC(=O)C[C@H](NC)c1ccccc1. The summed E-state index contributed by atoms with van der Waals surface area (Å²) < 4.78 is 4.92. The summed E-state index contributed by atoms with van der Waals surface area (Å²) in [7, 11) is 1.84. The standard InChI is InChI=1S/C12H17NO2/c1-3-15-12(14)9-11(13-2)10-7-5-4-6-8-10/h4-8,11,13H,3,9H2,1-2H3/t11-/m0/s1. The van der Waals surface area contributed by atoms with E-state index in [2.05, 4.69) is 5.32 Å². The smallest absolute Gasteiger partial charge is 0.307 e. The number of carbonyl (C=O) groups excluding carboxylic acids is 1. The summed E-state index contributed by atoms with van der Waals surface area (Å²) >= 11 is 0. The van der Waals surface area contributed by atoms with E-state index in [9.17, 15) is 4.79 Å². The number of benzene rings is 1. The van der Waals surface area contributed by atoms with Gasteiger partial charge in [0.2, 0.25) is 0 Å². The van der Waals surface area contributed by atoms with E-state index in [0.29, 0.717) is 13.0 Å². The molecule has 0 spiro atoms. The van der Waals surface area contributed by atoms with Crippen molar-refractivity contribution in [1.29, 1.82) is 0 Å². The Kier molecular flexibility index (Phi) is 4.84. The second-order valence-electron chi connectivity index (χ2n) is 3.26. The molecule has 1 aromatic carbocycles. The van der Waals surface area contributed by atoms with Crippen LogP contribution in [-0.4, -0.2) is 19.6 Å². The maximum Gasteiger partial charge on any atom is 0.307 e. The Bertz CT molecular complexity index is 298. The van der Waals surface area contributed by atoms with Crippen molar-refractivity contribution in [2.45, 2.75) is 19.4 Å². The van der Waals surface area contributed by atoms with Gasteiger partial charge in [0.25, 0.3) is 0 Å². The van der Waals surface area contributed by atoms with Crippen molar-refractivity contribution in [2.75, 3.05) is 13.7 Å². The minimum absolute atomic E-state index is 0.0326. The van der Waals surface area contributed by atoms with Crippen molar-refractivity contribution < 1.29 is 9.53 Å². The molecule has 1 aromatic rings. The van der Waals surface area contributed by atoms with Gasteiger partial charge in [-0.3, -0.25) is 4.79 Å². The number of esters is 1. The molecule has 0 unspecified atom stereocenters. The van der Waals surface area contributed by atoms with Crippen LogP contribution in [0.15, 0.2) is 30.3 Å². The molecule has 15 heavy (non-hydrogen) atoms. The van der Waals surface area contributed by atoms with Crippen LogP contribution in [0.5, 0.6) is 0 Å². The summed E-state index contributed by atoms with van der Waals surface area (Å²) in [5, 5.41) is 3.11. The van der Waals surface area contributed by atoms with Crippen LogP contribution in [0.1, 0.15) is 24.9 Å². The van der Waals surface area contributed by atoms with Crippen molar-refractivity contribution >= 4 is 5.97 Å². The Morgan fingerprint density at radius 1 is 1.40 bits per heavy atom. The quantitative estimate of drug-likeness (QED) is 0.749. The van der Waals surface area contributed by atoms with Gasteiger partial charge in [0, 0.05) is 6.04 Å². The summed E-state index contributed by atoms with van der Waals surface area (Å²) in [6, 6.07) is 9.92. The van der Waals surface area contributed by atoms with Crippen molar-refractivity contribution in [3.63, 3.8) is 0 Å². The number of nitrogens with one attached hydrogen (secondary N) is 1. The molecule has 0 saturated carbocycles. The molecule has 1 rings (SSSR count). The number of hydrogen-bond acceptors (Lipinski definition) is 3. The molecule has 1 atom stereocenters. The van der Waals surface area contributed by atoms with Crippen LogP contribution >= 0.6 is 0 Å². The first-order valence-electron chi connectivity index (χ1n) is 5.15. The molecule has 0 radical (unpaired) electrons. The third-order valence-corrected chi connectivity index (χ3v) is 2.23. The van der Waals surface area contributed by atoms with E-state index in [4.69, 9.17) is 4.74 Å². The van der Waals surface area contributed by atoms with Gasteiger partial charge in [0.1, 0.15) is 0 Å². The fraction of sp³-hybridized carbons (Fsp3) is 0.417. The van der Waals surface area contributed by atoms with Crippen LogP contribution in [-0.2, 0) is 9.53 Å². The molecule has 3 heteroatoms. The van der Waals surface area contributed by atoms with Gasteiger partial charge in [-0.1, -0.05) is 30.3 Å². The van der Waals surface area contributed by atoms with Crippen molar-refractivity contribution in [1.82, 2.24) is 5.32 Å². The Balaban J connectivity index is 2.61. The van der Waals surface area contributed by atoms with Gasteiger partial charge in [-0.2, -0.15) is 0 Å². The molecule has 0 bridgehead atoms. The van der Waals surface area contributed by atoms with E-state index >= 15 is 0 Å². The molecule has 0 aliphatic carbocycles. The zero-order valence-electron chi connectivity index (χ0n) is 9.19. The lowest BCUT2D eigenvalue weighted by Crippen LogP contribution is -2.21. The van der Waals surface area contributed by atoms with Gasteiger partial charge in [0.05, 0.1) is 13.0 Å². The zero-order valence-corrected chi connectivity index (χ0v) is 9.19.